The van der Waals surface area contributed by atoms with Gasteiger partial charge in [-0.15, -0.1) is 0 Å². The number of hydrogen-bond acceptors (Lipinski definition) is 3. The van der Waals surface area contributed by atoms with Crippen LogP contribution >= 0.6 is 0 Å². The number of nitrogens with zero attached hydrogens (tertiary/aromatic N) is 2. The van der Waals surface area contributed by atoms with Crippen LogP contribution in [0.4, 0.5) is 0 Å². The van der Waals surface area contributed by atoms with Crippen LogP contribution in [-0.4, -0.2) is 9.97 Å². The predicted molar refractivity (Wildman–Crippen MR) is 81.2 cm³/mol. The predicted octanol–water partition coefficient (Wildman–Crippen LogP) is 3.42. The Balaban J connectivity index is 2.05. The van der Waals surface area contributed by atoms with Crippen LogP contribution in [0.1, 0.15) is 43.1 Å². The van der Waals surface area contributed by atoms with Gasteiger partial charge in [0.1, 0.15) is 0 Å². The largest absolute Gasteiger partial charge is 0.324 e. The van der Waals surface area contributed by atoms with E-state index in [1.165, 1.54) is 5.56 Å². The standard InChI is InChI=1S/C17H21N3/c1-11-5-4-6-12(7-11)16-19-10-13-14(18)8-17(2,3)9-15(13)20-16/h4-7,10,14H,8-9,18H2,1-3H3. The maximum Gasteiger partial charge on any atom is 0.159 e. The Hall–Kier alpha value is -1.74. The number of hydrogen-bond donors (Lipinski definition) is 1. The van der Waals surface area contributed by atoms with Crippen LogP contribution in [0.2, 0.25) is 0 Å². The number of nitrogens with two attached hydrogens (primary N) is 1. The van der Waals surface area contributed by atoms with Crippen LogP contribution in [0.5, 0.6) is 0 Å². The summed E-state index contributed by atoms with van der Waals surface area (Å²) in [7, 11) is 0. The zero-order chi connectivity index (χ0) is 14.3. The molecule has 1 aliphatic rings. The van der Waals surface area contributed by atoms with Crippen molar-refractivity contribution in [3.63, 3.8) is 0 Å². The first-order chi connectivity index (χ1) is 9.44. The van der Waals surface area contributed by atoms with Crippen LogP contribution in [0.25, 0.3) is 11.4 Å². The minimum absolute atomic E-state index is 0.0558. The summed E-state index contributed by atoms with van der Waals surface area (Å²) in [4.78, 5) is 9.29. The van der Waals surface area contributed by atoms with Gasteiger partial charge in [-0.2, -0.15) is 0 Å². The van der Waals surface area contributed by atoms with E-state index in [9.17, 15) is 0 Å². The van der Waals surface area contributed by atoms with Crippen LogP contribution < -0.4 is 5.73 Å². The highest BCUT2D eigenvalue weighted by Crippen LogP contribution is 2.38. The molecule has 1 aromatic carbocycles. The molecule has 3 heteroatoms. The Morgan fingerprint density at radius 1 is 1.30 bits per heavy atom. The fraction of sp³-hybridized carbons (Fsp3) is 0.412. The second-order valence-corrected chi connectivity index (χ2v) is 6.62. The summed E-state index contributed by atoms with van der Waals surface area (Å²) in [5.74, 6) is 0.803. The third-order valence-electron chi connectivity index (χ3n) is 3.99. The Morgan fingerprint density at radius 2 is 2.10 bits per heavy atom. The summed E-state index contributed by atoms with van der Waals surface area (Å²) in [5.41, 5.74) is 11.0. The average molecular weight is 267 g/mol. The molecule has 0 amide bonds. The lowest BCUT2D eigenvalue weighted by Gasteiger charge is -2.34. The van der Waals surface area contributed by atoms with E-state index >= 15 is 0 Å². The first kappa shape index (κ1) is 13.3. The average Bonchev–Trinajstić information content (AvgIpc) is 2.36. The molecule has 0 radical (unpaired) electrons. The van der Waals surface area contributed by atoms with Crippen molar-refractivity contribution in [1.82, 2.24) is 9.97 Å². The van der Waals surface area contributed by atoms with Crippen molar-refractivity contribution in [2.75, 3.05) is 0 Å². The molecule has 0 bridgehead atoms. The fourth-order valence-corrected chi connectivity index (χ4v) is 3.03. The summed E-state index contributed by atoms with van der Waals surface area (Å²) in [6.07, 6.45) is 3.88. The monoisotopic (exact) mass is 267 g/mol. The third-order valence-corrected chi connectivity index (χ3v) is 3.99. The minimum Gasteiger partial charge on any atom is -0.324 e. The van der Waals surface area contributed by atoms with Gasteiger partial charge in [0, 0.05) is 29.1 Å². The van der Waals surface area contributed by atoms with E-state index in [1.807, 2.05) is 12.3 Å². The highest BCUT2D eigenvalue weighted by atomic mass is 14.9. The minimum atomic E-state index is 0.0558. The number of fused-ring (bicyclic) bond motifs is 1. The first-order valence-electron chi connectivity index (χ1n) is 7.13. The van der Waals surface area contributed by atoms with Gasteiger partial charge < -0.3 is 5.73 Å². The molecule has 1 atom stereocenters. The first-order valence-corrected chi connectivity index (χ1v) is 7.13. The van der Waals surface area contributed by atoms with E-state index in [-0.39, 0.29) is 11.5 Å². The van der Waals surface area contributed by atoms with E-state index in [4.69, 9.17) is 10.7 Å². The van der Waals surface area contributed by atoms with Gasteiger partial charge in [0.25, 0.3) is 0 Å². The summed E-state index contributed by atoms with van der Waals surface area (Å²) in [6, 6.07) is 8.36. The van der Waals surface area contributed by atoms with Crippen molar-refractivity contribution < 1.29 is 0 Å². The highest BCUT2D eigenvalue weighted by molar-refractivity contribution is 5.56. The maximum absolute atomic E-state index is 6.25. The Kier molecular flexibility index (Phi) is 3.09. The summed E-state index contributed by atoms with van der Waals surface area (Å²) < 4.78 is 0. The molecule has 0 saturated heterocycles. The number of benzene rings is 1. The Labute approximate surface area is 120 Å². The van der Waals surface area contributed by atoms with Gasteiger partial charge in [0.15, 0.2) is 5.82 Å². The Bertz CT molecular complexity index is 646. The second kappa shape index (κ2) is 4.67. The van der Waals surface area contributed by atoms with Crippen LogP contribution in [0.3, 0.4) is 0 Å². The van der Waals surface area contributed by atoms with E-state index in [1.54, 1.807) is 0 Å². The molecule has 104 valence electrons. The SMILES string of the molecule is Cc1cccc(-c2ncc3c(n2)CC(C)(C)CC3N)c1. The van der Waals surface area contributed by atoms with Gasteiger partial charge in [-0.1, -0.05) is 37.6 Å². The summed E-state index contributed by atoms with van der Waals surface area (Å²) >= 11 is 0. The summed E-state index contributed by atoms with van der Waals surface area (Å²) in [5, 5.41) is 0. The van der Waals surface area contributed by atoms with Gasteiger partial charge in [-0.25, -0.2) is 9.97 Å². The molecule has 3 rings (SSSR count). The lowest BCUT2D eigenvalue weighted by Crippen LogP contribution is -2.30. The molecule has 3 nitrogen and oxygen atoms in total. The molecule has 1 heterocycles. The summed E-state index contributed by atoms with van der Waals surface area (Å²) in [6.45, 7) is 6.59. The Morgan fingerprint density at radius 3 is 2.85 bits per heavy atom. The molecule has 2 aromatic rings. The fourth-order valence-electron chi connectivity index (χ4n) is 3.03. The van der Waals surface area contributed by atoms with Crippen LogP contribution in [0, 0.1) is 12.3 Å². The zero-order valence-electron chi connectivity index (χ0n) is 12.4. The van der Waals surface area contributed by atoms with E-state index in [2.05, 4.69) is 44.0 Å². The van der Waals surface area contributed by atoms with E-state index in [0.717, 1.165) is 35.5 Å². The molecule has 1 aliphatic carbocycles. The van der Waals surface area contributed by atoms with Crippen molar-refractivity contribution >= 4 is 0 Å². The second-order valence-electron chi connectivity index (χ2n) is 6.62. The van der Waals surface area contributed by atoms with Gasteiger partial charge in [0.05, 0.1) is 0 Å². The molecular formula is C17H21N3. The van der Waals surface area contributed by atoms with Crippen molar-refractivity contribution in [1.29, 1.82) is 0 Å². The lowest BCUT2D eigenvalue weighted by atomic mass is 9.74. The molecule has 0 saturated carbocycles. The number of rotatable bonds is 1. The molecule has 0 fully saturated rings. The topological polar surface area (TPSA) is 51.8 Å². The number of aromatic nitrogens is 2. The van der Waals surface area contributed by atoms with Crippen molar-refractivity contribution in [2.24, 2.45) is 11.1 Å². The molecular weight excluding hydrogens is 246 g/mol. The van der Waals surface area contributed by atoms with Gasteiger partial charge in [-0.3, -0.25) is 0 Å². The molecule has 0 spiro atoms. The van der Waals surface area contributed by atoms with Gasteiger partial charge in [-0.05, 0) is 31.2 Å². The third kappa shape index (κ3) is 2.46. The maximum atomic E-state index is 6.25. The van der Waals surface area contributed by atoms with Crippen molar-refractivity contribution in [3.8, 4) is 11.4 Å². The molecule has 1 aromatic heterocycles. The zero-order valence-corrected chi connectivity index (χ0v) is 12.4. The quantitative estimate of drug-likeness (QED) is 0.861. The number of aryl methyl sites for hydroxylation is 1. The van der Waals surface area contributed by atoms with Crippen molar-refractivity contribution in [3.05, 3.63) is 47.3 Å². The van der Waals surface area contributed by atoms with Gasteiger partial charge >= 0.3 is 0 Å². The van der Waals surface area contributed by atoms with Crippen LogP contribution in [0.15, 0.2) is 30.5 Å². The molecule has 2 N–H and O–H groups in total. The van der Waals surface area contributed by atoms with Crippen LogP contribution in [-0.2, 0) is 6.42 Å². The smallest absolute Gasteiger partial charge is 0.159 e. The normalized spacial score (nSPS) is 20.5. The lowest BCUT2D eigenvalue weighted by molar-refractivity contribution is 0.278. The van der Waals surface area contributed by atoms with E-state index < -0.39 is 0 Å². The van der Waals surface area contributed by atoms with E-state index in [0.29, 0.717) is 0 Å². The van der Waals surface area contributed by atoms with Gasteiger partial charge in [0.2, 0.25) is 0 Å². The molecule has 0 aliphatic heterocycles. The van der Waals surface area contributed by atoms with Crippen molar-refractivity contribution in [2.45, 2.75) is 39.7 Å². The molecule has 1 unspecified atom stereocenters. The molecule has 20 heavy (non-hydrogen) atoms. The highest BCUT2D eigenvalue weighted by Gasteiger charge is 2.31.